The topological polar surface area (TPSA) is 128 Å². The Morgan fingerprint density at radius 1 is 1.17 bits per heavy atom. The molecule has 4 rings (SSSR count). The van der Waals surface area contributed by atoms with Gasteiger partial charge in [0.05, 0.1) is 23.7 Å². The molecular formula is C20H22N6O3S. The smallest absolute Gasteiger partial charge is 0.270 e. The van der Waals surface area contributed by atoms with E-state index in [1.165, 1.54) is 10.5 Å². The Morgan fingerprint density at radius 2 is 1.93 bits per heavy atom. The van der Waals surface area contributed by atoms with Gasteiger partial charge >= 0.3 is 0 Å². The van der Waals surface area contributed by atoms with Crippen LogP contribution in [0.25, 0.3) is 23.0 Å². The molecule has 0 bridgehead atoms. The third kappa shape index (κ3) is 3.96. The van der Waals surface area contributed by atoms with Crippen LogP contribution in [0.5, 0.6) is 0 Å². The van der Waals surface area contributed by atoms with Crippen molar-refractivity contribution in [2.45, 2.75) is 25.8 Å². The molecule has 0 saturated carbocycles. The fourth-order valence-corrected chi connectivity index (χ4v) is 4.99. The zero-order valence-corrected chi connectivity index (χ0v) is 17.3. The van der Waals surface area contributed by atoms with Crippen LogP contribution in [-0.4, -0.2) is 45.2 Å². The van der Waals surface area contributed by atoms with Gasteiger partial charge in [-0.25, -0.2) is 18.4 Å². The SMILES string of the molecule is CCCS(=O)(=O)N1CC=CCC1c1cnc(N)c(-c2nnc(-c3ccccc3)o2)n1. The molecule has 1 aliphatic rings. The molecule has 9 nitrogen and oxygen atoms in total. The number of rotatable bonds is 6. The molecule has 1 unspecified atom stereocenters. The van der Waals surface area contributed by atoms with Gasteiger partial charge in [-0.1, -0.05) is 37.3 Å². The summed E-state index contributed by atoms with van der Waals surface area (Å²) in [6.45, 7) is 2.14. The van der Waals surface area contributed by atoms with Crippen LogP contribution in [0.1, 0.15) is 31.5 Å². The predicted molar refractivity (Wildman–Crippen MR) is 112 cm³/mol. The van der Waals surface area contributed by atoms with Gasteiger partial charge in [0.15, 0.2) is 11.5 Å². The molecule has 3 heterocycles. The van der Waals surface area contributed by atoms with Crippen LogP contribution in [0.2, 0.25) is 0 Å². The third-order valence-corrected chi connectivity index (χ3v) is 6.83. The lowest BCUT2D eigenvalue weighted by Crippen LogP contribution is -2.38. The van der Waals surface area contributed by atoms with Gasteiger partial charge < -0.3 is 10.2 Å². The van der Waals surface area contributed by atoms with Gasteiger partial charge in [0, 0.05) is 12.1 Å². The molecule has 10 heteroatoms. The zero-order chi connectivity index (χ0) is 21.1. The maximum Gasteiger partial charge on any atom is 0.270 e. The average molecular weight is 427 g/mol. The minimum atomic E-state index is -3.42. The lowest BCUT2D eigenvalue weighted by molar-refractivity contribution is 0.332. The maximum atomic E-state index is 12.7. The summed E-state index contributed by atoms with van der Waals surface area (Å²) in [5, 5.41) is 8.13. The summed E-state index contributed by atoms with van der Waals surface area (Å²) in [5.74, 6) is 0.688. The monoisotopic (exact) mass is 426 g/mol. The first kappa shape index (κ1) is 20.2. The van der Waals surface area contributed by atoms with Crippen molar-refractivity contribution in [1.82, 2.24) is 24.5 Å². The van der Waals surface area contributed by atoms with E-state index in [0.717, 1.165) is 5.56 Å². The Hall–Kier alpha value is -3.11. The van der Waals surface area contributed by atoms with Gasteiger partial charge in [-0.05, 0) is 25.0 Å². The van der Waals surface area contributed by atoms with Crippen LogP contribution in [-0.2, 0) is 10.0 Å². The zero-order valence-electron chi connectivity index (χ0n) is 16.5. The Balaban J connectivity index is 1.70. The number of hydrogen-bond acceptors (Lipinski definition) is 8. The summed E-state index contributed by atoms with van der Waals surface area (Å²) < 4.78 is 32.7. The summed E-state index contributed by atoms with van der Waals surface area (Å²) in [6, 6.07) is 8.88. The Bertz CT molecular complexity index is 1160. The van der Waals surface area contributed by atoms with Gasteiger partial charge in [0.2, 0.25) is 15.9 Å². The number of nitrogen functional groups attached to an aromatic ring is 1. The first-order valence-corrected chi connectivity index (χ1v) is 11.3. The lowest BCUT2D eigenvalue weighted by Gasteiger charge is -2.31. The van der Waals surface area contributed by atoms with Crippen molar-refractivity contribution in [3.05, 3.63) is 54.4 Å². The van der Waals surface area contributed by atoms with Crippen LogP contribution >= 0.6 is 0 Å². The normalized spacial score (nSPS) is 17.3. The molecule has 30 heavy (non-hydrogen) atoms. The van der Waals surface area contributed by atoms with E-state index in [-0.39, 0.29) is 23.2 Å². The number of benzene rings is 1. The maximum absolute atomic E-state index is 12.7. The average Bonchev–Trinajstić information content (AvgIpc) is 3.25. The van der Waals surface area contributed by atoms with E-state index < -0.39 is 16.1 Å². The molecule has 0 aliphatic carbocycles. The molecule has 2 N–H and O–H groups in total. The van der Waals surface area contributed by atoms with E-state index in [9.17, 15) is 8.42 Å². The molecule has 2 aromatic heterocycles. The molecule has 156 valence electrons. The second-order valence-electron chi connectivity index (χ2n) is 6.92. The highest BCUT2D eigenvalue weighted by Gasteiger charge is 2.32. The highest BCUT2D eigenvalue weighted by molar-refractivity contribution is 7.89. The molecule has 0 radical (unpaired) electrons. The summed E-state index contributed by atoms with van der Waals surface area (Å²) >= 11 is 0. The molecule has 0 amide bonds. The third-order valence-electron chi connectivity index (χ3n) is 4.79. The molecule has 1 aliphatic heterocycles. The minimum absolute atomic E-state index is 0.0801. The van der Waals surface area contributed by atoms with E-state index in [1.54, 1.807) is 0 Å². The van der Waals surface area contributed by atoms with E-state index >= 15 is 0 Å². The molecule has 0 fully saturated rings. The number of aromatic nitrogens is 4. The number of hydrogen-bond donors (Lipinski definition) is 1. The Morgan fingerprint density at radius 3 is 2.70 bits per heavy atom. The standard InChI is InChI=1S/C20H22N6O3S/c1-2-12-30(27,28)26-11-7-6-10-16(26)15-13-22-18(21)17(23-15)20-25-24-19(29-20)14-8-4-3-5-9-14/h3-9,13,16H,2,10-12H2,1H3,(H2,21,22). The molecule has 0 saturated heterocycles. The number of nitrogens with zero attached hydrogens (tertiary/aromatic N) is 5. The second-order valence-corrected chi connectivity index (χ2v) is 8.96. The van der Waals surface area contributed by atoms with Gasteiger partial charge in [0.25, 0.3) is 5.89 Å². The minimum Gasteiger partial charge on any atom is -0.414 e. The summed E-state index contributed by atoms with van der Waals surface area (Å²) in [6.07, 6.45) is 6.34. The van der Waals surface area contributed by atoms with Crippen LogP contribution in [0, 0.1) is 0 Å². The highest BCUT2D eigenvalue weighted by Crippen LogP contribution is 2.32. The number of nitrogens with two attached hydrogens (primary N) is 1. The highest BCUT2D eigenvalue weighted by atomic mass is 32.2. The second kappa shape index (κ2) is 8.33. The molecule has 1 atom stereocenters. The van der Waals surface area contributed by atoms with Gasteiger partial charge in [0.1, 0.15) is 0 Å². The van der Waals surface area contributed by atoms with E-state index in [2.05, 4.69) is 20.2 Å². The molecule has 0 spiro atoms. The summed E-state index contributed by atoms with van der Waals surface area (Å²) in [7, 11) is -3.42. The fraction of sp³-hybridized carbons (Fsp3) is 0.300. The van der Waals surface area contributed by atoms with Gasteiger partial charge in [-0.15, -0.1) is 10.2 Å². The predicted octanol–water partition coefficient (Wildman–Crippen LogP) is 2.82. The van der Waals surface area contributed by atoms with Crippen molar-refractivity contribution in [3.8, 4) is 23.0 Å². The Kier molecular flexibility index (Phi) is 5.60. The van der Waals surface area contributed by atoms with E-state index in [4.69, 9.17) is 10.2 Å². The van der Waals surface area contributed by atoms with Crippen LogP contribution in [0.4, 0.5) is 5.82 Å². The largest absolute Gasteiger partial charge is 0.414 e. The fourth-order valence-electron chi connectivity index (χ4n) is 3.35. The summed E-state index contributed by atoms with van der Waals surface area (Å²) in [5.41, 5.74) is 7.52. The van der Waals surface area contributed by atoms with Crippen LogP contribution < -0.4 is 5.73 Å². The van der Waals surface area contributed by atoms with Crippen LogP contribution in [0.3, 0.4) is 0 Å². The molecule has 3 aromatic rings. The van der Waals surface area contributed by atoms with Crippen molar-refractivity contribution in [3.63, 3.8) is 0 Å². The van der Waals surface area contributed by atoms with Crippen molar-refractivity contribution in [2.75, 3.05) is 18.0 Å². The van der Waals surface area contributed by atoms with Gasteiger partial charge in [-0.3, -0.25) is 0 Å². The van der Waals surface area contributed by atoms with E-state index in [0.29, 0.717) is 31.0 Å². The van der Waals surface area contributed by atoms with Crippen molar-refractivity contribution in [1.29, 1.82) is 0 Å². The number of anilines is 1. The first-order valence-electron chi connectivity index (χ1n) is 9.66. The van der Waals surface area contributed by atoms with Crippen LogP contribution in [0.15, 0.2) is 53.1 Å². The quantitative estimate of drug-likeness (QED) is 0.596. The van der Waals surface area contributed by atoms with Gasteiger partial charge in [-0.2, -0.15) is 4.31 Å². The van der Waals surface area contributed by atoms with E-state index in [1.807, 2.05) is 49.4 Å². The first-order chi connectivity index (χ1) is 14.5. The molecule has 1 aromatic carbocycles. The summed E-state index contributed by atoms with van der Waals surface area (Å²) in [4.78, 5) is 8.79. The van der Waals surface area contributed by atoms with Crippen molar-refractivity contribution in [2.24, 2.45) is 0 Å². The van der Waals surface area contributed by atoms with Crippen molar-refractivity contribution >= 4 is 15.8 Å². The molecular weight excluding hydrogens is 404 g/mol. The van der Waals surface area contributed by atoms with Crippen molar-refractivity contribution < 1.29 is 12.8 Å². The number of sulfonamides is 1. The Labute approximate surface area is 174 Å². The lowest BCUT2D eigenvalue weighted by atomic mass is 10.1.